The van der Waals surface area contributed by atoms with Crippen LogP contribution in [0.3, 0.4) is 0 Å². The zero-order valence-electron chi connectivity index (χ0n) is 13.5. The quantitative estimate of drug-likeness (QED) is 0.810. The Morgan fingerprint density at radius 3 is 2.68 bits per heavy atom. The lowest BCUT2D eigenvalue weighted by Gasteiger charge is -2.22. The fourth-order valence-electron chi connectivity index (χ4n) is 2.26. The maximum atomic E-state index is 10.5. The van der Waals surface area contributed by atoms with Crippen molar-refractivity contribution >= 4 is 0 Å². The number of hydrogen-bond acceptors (Lipinski definition) is 5. The number of methoxy groups -OCH3 is 2. The summed E-state index contributed by atoms with van der Waals surface area (Å²) in [6, 6.07) is 5.65. The first kappa shape index (κ1) is 16.3. The molecular weight excluding hydrogens is 282 g/mol. The molecule has 0 spiro atoms. The molecular formula is C16H23N3O3. The van der Waals surface area contributed by atoms with Crippen molar-refractivity contribution in [1.82, 2.24) is 15.1 Å². The summed E-state index contributed by atoms with van der Waals surface area (Å²) in [5, 5.41) is 17.9. The molecule has 0 amide bonds. The standard InChI is InChI=1S/C16H23N3O3/c1-16(20,13-9-18-19(2)10-13)11-17-8-12-7-14(21-3)5-6-15(12)22-4/h5-7,9-10,17,20H,8,11H2,1-4H3. The van der Waals surface area contributed by atoms with Crippen LogP contribution in [0.5, 0.6) is 11.5 Å². The topological polar surface area (TPSA) is 68.5 Å². The smallest absolute Gasteiger partial charge is 0.123 e. The monoisotopic (exact) mass is 305 g/mol. The molecule has 0 aliphatic rings. The SMILES string of the molecule is COc1ccc(OC)c(CNCC(C)(O)c2cnn(C)c2)c1. The van der Waals surface area contributed by atoms with Crippen molar-refractivity contribution in [3.63, 3.8) is 0 Å². The molecule has 2 rings (SSSR count). The van der Waals surface area contributed by atoms with Gasteiger partial charge < -0.3 is 19.9 Å². The van der Waals surface area contributed by atoms with E-state index in [0.717, 1.165) is 22.6 Å². The van der Waals surface area contributed by atoms with Crippen LogP contribution < -0.4 is 14.8 Å². The van der Waals surface area contributed by atoms with Crippen LogP contribution in [0.2, 0.25) is 0 Å². The Balaban J connectivity index is 2.01. The van der Waals surface area contributed by atoms with E-state index in [1.807, 2.05) is 31.4 Å². The Kier molecular flexibility index (Phi) is 5.05. The molecule has 1 atom stereocenters. The second-order valence-electron chi connectivity index (χ2n) is 5.46. The highest BCUT2D eigenvalue weighted by Crippen LogP contribution is 2.24. The van der Waals surface area contributed by atoms with Crippen LogP contribution in [0.1, 0.15) is 18.1 Å². The molecule has 1 aromatic carbocycles. The molecule has 6 nitrogen and oxygen atoms in total. The lowest BCUT2D eigenvalue weighted by atomic mass is 9.99. The minimum Gasteiger partial charge on any atom is -0.497 e. The molecule has 1 aromatic heterocycles. The molecule has 0 saturated carbocycles. The van der Waals surface area contributed by atoms with Crippen LogP contribution in [0.4, 0.5) is 0 Å². The van der Waals surface area contributed by atoms with E-state index in [0.29, 0.717) is 13.1 Å². The zero-order valence-corrected chi connectivity index (χ0v) is 13.5. The molecule has 1 unspecified atom stereocenters. The minimum atomic E-state index is -0.986. The number of aryl methyl sites for hydroxylation is 1. The summed E-state index contributed by atoms with van der Waals surface area (Å²) < 4.78 is 12.2. The number of hydrogen-bond donors (Lipinski definition) is 2. The molecule has 0 saturated heterocycles. The van der Waals surface area contributed by atoms with Gasteiger partial charge in [-0.25, -0.2) is 0 Å². The summed E-state index contributed by atoms with van der Waals surface area (Å²) in [7, 11) is 5.09. The van der Waals surface area contributed by atoms with Crippen molar-refractivity contribution < 1.29 is 14.6 Å². The largest absolute Gasteiger partial charge is 0.497 e. The average molecular weight is 305 g/mol. The summed E-state index contributed by atoms with van der Waals surface area (Å²) in [6.07, 6.45) is 3.49. The maximum Gasteiger partial charge on any atom is 0.123 e. The van der Waals surface area contributed by atoms with Crippen LogP contribution in [0.15, 0.2) is 30.6 Å². The Bertz CT molecular complexity index is 623. The third-order valence-corrected chi connectivity index (χ3v) is 3.60. The summed E-state index contributed by atoms with van der Waals surface area (Å²) in [6.45, 7) is 2.73. The van der Waals surface area contributed by atoms with Gasteiger partial charge in [-0.05, 0) is 25.1 Å². The van der Waals surface area contributed by atoms with Crippen LogP contribution in [-0.4, -0.2) is 35.7 Å². The minimum absolute atomic E-state index is 0.402. The van der Waals surface area contributed by atoms with E-state index in [4.69, 9.17) is 9.47 Å². The molecule has 120 valence electrons. The molecule has 0 radical (unpaired) electrons. The van der Waals surface area contributed by atoms with Crippen LogP contribution >= 0.6 is 0 Å². The van der Waals surface area contributed by atoms with E-state index in [-0.39, 0.29) is 0 Å². The number of rotatable bonds is 7. The first-order valence-electron chi connectivity index (χ1n) is 7.09. The summed E-state index contributed by atoms with van der Waals surface area (Å²) >= 11 is 0. The fraction of sp³-hybridized carbons (Fsp3) is 0.438. The van der Waals surface area contributed by atoms with Gasteiger partial charge in [0.2, 0.25) is 0 Å². The number of ether oxygens (including phenoxy) is 2. The molecule has 2 aromatic rings. The Labute approximate surface area is 130 Å². The second-order valence-corrected chi connectivity index (χ2v) is 5.46. The van der Waals surface area contributed by atoms with Gasteiger partial charge in [0.1, 0.15) is 17.1 Å². The summed E-state index contributed by atoms with van der Waals surface area (Å²) in [5.41, 5.74) is 0.768. The zero-order chi connectivity index (χ0) is 16.2. The van der Waals surface area contributed by atoms with E-state index in [1.54, 1.807) is 32.0 Å². The first-order chi connectivity index (χ1) is 10.5. The highest BCUT2D eigenvalue weighted by atomic mass is 16.5. The molecule has 0 aliphatic carbocycles. The maximum absolute atomic E-state index is 10.5. The average Bonchev–Trinajstić information content (AvgIpc) is 2.94. The Morgan fingerprint density at radius 2 is 2.09 bits per heavy atom. The highest BCUT2D eigenvalue weighted by Gasteiger charge is 2.24. The number of benzene rings is 1. The second kappa shape index (κ2) is 6.81. The predicted octanol–water partition coefficient (Wildman–Crippen LogP) is 1.43. The molecule has 1 heterocycles. The van der Waals surface area contributed by atoms with Gasteiger partial charge in [-0.3, -0.25) is 4.68 Å². The first-order valence-corrected chi connectivity index (χ1v) is 7.09. The van der Waals surface area contributed by atoms with Crippen LogP contribution in [-0.2, 0) is 19.2 Å². The third-order valence-electron chi connectivity index (χ3n) is 3.60. The van der Waals surface area contributed by atoms with Crippen molar-refractivity contribution in [1.29, 1.82) is 0 Å². The van der Waals surface area contributed by atoms with Gasteiger partial charge >= 0.3 is 0 Å². The van der Waals surface area contributed by atoms with Crippen molar-refractivity contribution in [2.24, 2.45) is 7.05 Å². The number of nitrogens with one attached hydrogen (secondary N) is 1. The van der Waals surface area contributed by atoms with E-state index >= 15 is 0 Å². The number of aliphatic hydroxyl groups is 1. The van der Waals surface area contributed by atoms with E-state index < -0.39 is 5.60 Å². The number of aromatic nitrogens is 2. The lowest BCUT2D eigenvalue weighted by Crippen LogP contribution is -2.35. The van der Waals surface area contributed by atoms with Crippen molar-refractivity contribution in [3.8, 4) is 11.5 Å². The molecule has 22 heavy (non-hydrogen) atoms. The van der Waals surface area contributed by atoms with E-state index in [1.165, 1.54) is 0 Å². The Morgan fingerprint density at radius 1 is 1.32 bits per heavy atom. The molecule has 0 aliphatic heterocycles. The third kappa shape index (κ3) is 3.78. The van der Waals surface area contributed by atoms with Gasteiger partial charge in [-0.1, -0.05) is 0 Å². The van der Waals surface area contributed by atoms with E-state index in [9.17, 15) is 5.11 Å². The molecule has 2 N–H and O–H groups in total. The van der Waals surface area contributed by atoms with E-state index in [2.05, 4.69) is 10.4 Å². The van der Waals surface area contributed by atoms with Gasteiger partial charge in [-0.2, -0.15) is 5.10 Å². The van der Waals surface area contributed by atoms with Crippen LogP contribution in [0.25, 0.3) is 0 Å². The predicted molar refractivity (Wildman–Crippen MR) is 84.0 cm³/mol. The summed E-state index contributed by atoms with van der Waals surface area (Å²) in [4.78, 5) is 0. The van der Waals surface area contributed by atoms with Gasteiger partial charge in [0.15, 0.2) is 0 Å². The van der Waals surface area contributed by atoms with Gasteiger partial charge in [0.25, 0.3) is 0 Å². The number of nitrogens with zero attached hydrogens (tertiary/aromatic N) is 2. The molecule has 0 fully saturated rings. The molecule has 0 bridgehead atoms. The van der Waals surface area contributed by atoms with Crippen molar-refractivity contribution in [2.75, 3.05) is 20.8 Å². The lowest BCUT2D eigenvalue weighted by molar-refractivity contribution is 0.0565. The summed E-state index contributed by atoms with van der Waals surface area (Å²) in [5.74, 6) is 1.56. The van der Waals surface area contributed by atoms with Crippen molar-refractivity contribution in [3.05, 3.63) is 41.7 Å². The van der Waals surface area contributed by atoms with Gasteiger partial charge in [0, 0.05) is 37.5 Å². The molecule has 6 heteroatoms. The van der Waals surface area contributed by atoms with Crippen molar-refractivity contribution in [2.45, 2.75) is 19.1 Å². The van der Waals surface area contributed by atoms with Gasteiger partial charge in [-0.15, -0.1) is 0 Å². The van der Waals surface area contributed by atoms with Gasteiger partial charge in [0.05, 0.1) is 20.4 Å². The van der Waals surface area contributed by atoms with Crippen LogP contribution in [0, 0.1) is 0 Å². The highest BCUT2D eigenvalue weighted by molar-refractivity contribution is 5.40. The fourth-order valence-corrected chi connectivity index (χ4v) is 2.26. The normalized spacial score (nSPS) is 13.7. The Hall–Kier alpha value is -2.05.